The van der Waals surface area contributed by atoms with Crippen molar-refractivity contribution in [3.63, 3.8) is 0 Å². The molecule has 9 heteroatoms. The van der Waals surface area contributed by atoms with E-state index in [9.17, 15) is 4.79 Å². The first-order chi connectivity index (χ1) is 10.5. The third kappa shape index (κ3) is 7.54. The maximum Gasteiger partial charge on any atom is 0.224 e. The number of anilines is 1. The van der Waals surface area contributed by atoms with E-state index < -0.39 is 0 Å². The zero-order valence-corrected chi connectivity index (χ0v) is 17.4. The molecule has 1 aromatic rings. The Hall–Kier alpha value is -0.790. The normalized spacial score (nSPS) is 16.6. The van der Waals surface area contributed by atoms with E-state index in [0.29, 0.717) is 6.54 Å². The molecule has 1 aliphatic rings. The molecule has 1 fully saturated rings. The summed E-state index contributed by atoms with van der Waals surface area (Å²) in [4.78, 5) is 21.2. The van der Waals surface area contributed by atoms with Gasteiger partial charge >= 0.3 is 0 Å². The average molecular weight is 415 g/mol. The van der Waals surface area contributed by atoms with Gasteiger partial charge in [0.1, 0.15) is 5.82 Å². The Morgan fingerprint density at radius 3 is 2.40 bits per heavy atom. The maximum atomic E-state index is 12.1. The lowest BCUT2D eigenvalue weighted by molar-refractivity contribution is -0.125. The second-order valence-electron chi connectivity index (χ2n) is 6.14. The minimum absolute atomic E-state index is 0. The quantitative estimate of drug-likeness (QED) is 0.767. The molecule has 0 radical (unpaired) electrons. The zero-order chi connectivity index (χ0) is 16.1. The first kappa shape index (κ1) is 26.4. The van der Waals surface area contributed by atoms with Gasteiger partial charge in [0.25, 0.3) is 0 Å². The van der Waals surface area contributed by atoms with Crippen LogP contribution >= 0.6 is 37.2 Å². The van der Waals surface area contributed by atoms with Crippen LogP contribution in [0.1, 0.15) is 19.4 Å². The van der Waals surface area contributed by atoms with E-state index in [4.69, 9.17) is 5.73 Å². The van der Waals surface area contributed by atoms with E-state index in [1.54, 1.807) is 0 Å². The highest BCUT2D eigenvalue weighted by atomic mass is 35.5. The molecule has 1 aliphatic heterocycles. The summed E-state index contributed by atoms with van der Waals surface area (Å²) >= 11 is 0. The largest absolute Gasteiger partial charge is 0.354 e. The maximum absolute atomic E-state index is 12.1. The number of nitrogens with two attached hydrogens (primary N) is 1. The summed E-state index contributed by atoms with van der Waals surface area (Å²) in [5, 5.41) is 2.97. The molecular formula is C16H30Cl3N5O. The Morgan fingerprint density at radius 2 is 1.84 bits per heavy atom. The van der Waals surface area contributed by atoms with Crippen molar-refractivity contribution < 1.29 is 4.79 Å². The number of halogens is 3. The van der Waals surface area contributed by atoms with Crippen LogP contribution in [0.15, 0.2) is 18.3 Å². The van der Waals surface area contributed by atoms with E-state index in [-0.39, 0.29) is 55.1 Å². The number of carbonyl (C=O) groups excluding carboxylic acids is 1. The molecule has 6 nitrogen and oxygen atoms in total. The summed E-state index contributed by atoms with van der Waals surface area (Å²) in [6.45, 7) is 8.18. The molecule has 146 valence electrons. The van der Waals surface area contributed by atoms with Gasteiger partial charge in [-0.2, -0.15) is 0 Å². The molecule has 0 saturated carbocycles. The van der Waals surface area contributed by atoms with E-state index in [2.05, 4.69) is 27.1 Å². The van der Waals surface area contributed by atoms with Crippen molar-refractivity contribution in [2.75, 3.05) is 38.1 Å². The molecule has 0 bridgehead atoms. The first-order valence-corrected chi connectivity index (χ1v) is 7.89. The summed E-state index contributed by atoms with van der Waals surface area (Å²) in [5.41, 5.74) is 6.83. The molecule has 2 atom stereocenters. The van der Waals surface area contributed by atoms with Crippen molar-refractivity contribution in [2.24, 2.45) is 11.7 Å². The molecule has 2 unspecified atom stereocenters. The Kier molecular flexibility index (Phi) is 13.3. The van der Waals surface area contributed by atoms with Gasteiger partial charge in [0.05, 0.1) is 0 Å². The Labute approximate surface area is 169 Å². The number of aromatic nitrogens is 1. The fourth-order valence-electron chi connectivity index (χ4n) is 2.45. The minimum Gasteiger partial charge on any atom is -0.354 e. The number of pyridine rings is 1. The van der Waals surface area contributed by atoms with Gasteiger partial charge in [0.15, 0.2) is 0 Å². The van der Waals surface area contributed by atoms with Crippen LogP contribution in [0, 0.1) is 5.92 Å². The number of nitrogens with one attached hydrogen (secondary N) is 1. The van der Waals surface area contributed by atoms with Gasteiger partial charge in [-0.05, 0) is 20.0 Å². The predicted octanol–water partition coefficient (Wildman–Crippen LogP) is 1.70. The SMILES string of the molecule is CC(N)C(C)C(=O)NCc1cccnc1N1CCN(C)CC1.Cl.Cl.Cl. The summed E-state index contributed by atoms with van der Waals surface area (Å²) in [6.07, 6.45) is 1.81. The van der Waals surface area contributed by atoms with E-state index in [1.165, 1.54) is 0 Å². The standard InChI is InChI=1S/C16H27N5O.3ClH/c1-12(13(2)17)16(22)19-11-14-5-4-6-18-15(14)21-9-7-20(3)8-10-21;;;/h4-6,12-13H,7-11,17H2,1-3H3,(H,19,22);3*1H. The van der Waals surface area contributed by atoms with Crippen LogP contribution in [0.4, 0.5) is 5.82 Å². The number of hydrogen-bond donors (Lipinski definition) is 2. The number of likely N-dealkylation sites (N-methyl/N-ethyl adjacent to an activating group) is 1. The van der Waals surface area contributed by atoms with Crippen LogP contribution < -0.4 is 16.0 Å². The summed E-state index contributed by atoms with van der Waals surface area (Å²) in [7, 11) is 2.13. The van der Waals surface area contributed by atoms with Crippen LogP contribution in [0.25, 0.3) is 0 Å². The number of piperazine rings is 1. The lowest BCUT2D eigenvalue weighted by atomic mass is 10.0. The molecule has 0 aliphatic carbocycles. The second-order valence-corrected chi connectivity index (χ2v) is 6.14. The van der Waals surface area contributed by atoms with Crippen LogP contribution in [-0.2, 0) is 11.3 Å². The highest BCUT2D eigenvalue weighted by Gasteiger charge is 2.20. The zero-order valence-electron chi connectivity index (χ0n) is 15.0. The second kappa shape index (κ2) is 12.5. The molecule has 2 rings (SSSR count). The smallest absolute Gasteiger partial charge is 0.224 e. The summed E-state index contributed by atoms with van der Waals surface area (Å²) in [5.74, 6) is 0.774. The lowest BCUT2D eigenvalue weighted by Crippen LogP contribution is -2.45. The Bertz CT molecular complexity index is 510. The van der Waals surface area contributed by atoms with Gasteiger partial charge in [-0.25, -0.2) is 4.98 Å². The third-order valence-corrected chi connectivity index (χ3v) is 4.33. The average Bonchev–Trinajstić information content (AvgIpc) is 2.53. The van der Waals surface area contributed by atoms with Crippen LogP contribution in [0.3, 0.4) is 0 Å². The van der Waals surface area contributed by atoms with Gasteiger partial charge in [-0.3, -0.25) is 4.79 Å². The molecule has 3 N–H and O–H groups in total. The van der Waals surface area contributed by atoms with E-state index in [1.807, 2.05) is 32.2 Å². The molecule has 0 aromatic carbocycles. The monoisotopic (exact) mass is 413 g/mol. The van der Waals surface area contributed by atoms with Crippen LogP contribution in [-0.4, -0.2) is 55.1 Å². The number of hydrogen-bond acceptors (Lipinski definition) is 5. The molecule has 0 spiro atoms. The van der Waals surface area contributed by atoms with Crippen molar-refractivity contribution >= 4 is 48.9 Å². The van der Waals surface area contributed by atoms with E-state index in [0.717, 1.165) is 37.6 Å². The Balaban J connectivity index is 0. The third-order valence-electron chi connectivity index (χ3n) is 4.33. The summed E-state index contributed by atoms with van der Waals surface area (Å²) < 4.78 is 0. The molecular weight excluding hydrogens is 385 g/mol. The number of nitrogens with zero attached hydrogens (tertiary/aromatic N) is 3. The Morgan fingerprint density at radius 1 is 1.24 bits per heavy atom. The van der Waals surface area contributed by atoms with Crippen molar-refractivity contribution in [1.29, 1.82) is 0 Å². The first-order valence-electron chi connectivity index (χ1n) is 7.89. The lowest BCUT2D eigenvalue weighted by Gasteiger charge is -2.34. The van der Waals surface area contributed by atoms with Gasteiger partial charge in [-0.1, -0.05) is 13.0 Å². The van der Waals surface area contributed by atoms with Crippen molar-refractivity contribution in [3.8, 4) is 0 Å². The molecule has 1 aromatic heterocycles. The fourth-order valence-corrected chi connectivity index (χ4v) is 2.45. The fraction of sp³-hybridized carbons (Fsp3) is 0.625. The number of amides is 1. The van der Waals surface area contributed by atoms with Crippen LogP contribution in [0.2, 0.25) is 0 Å². The van der Waals surface area contributed by atoms with E-state index >= 15 is 0 Å². The van der Waals surface area contributed by atoms with Crippen molar-refractivity contribution in [3.05, 3.63) is 23.9 Å². The van der Waals surface area contributed by atoms with Gasteiger partial charge in [-0.15, -0.1) is 37.2 Å². The van der Waals surface area contributed by atoms with Gasteiger partial charge in [0.2, 0.25) is 5.91 Å². The molecule has 25 heavy (non-hydrogen) atoms. The molecule has 2 heterocycles. The molecule has 1 amide bonds. The molecule has 1 saturated heterocycles. The predicted molar refractivity (Wildman–Crippen MR) is 110 cm³/mol. The van der Waals surface area contributed by atoms with Crippen molar-refractivity contribution in [2.45, 2.75) is 26.4 Å². The number of rotatable bonds is 5. The topological polar surface area (TPSA) is 74.5 Å². The van der Waals surface area contributed by atoms with Gasteiger partial charge < -0.3 is 20.9 Å². The number of carbonyl (C=O) groups is 1. The minimum atomic E-state index is -0.191. The highest BCUT2D eigenvalue weighted by molar-refractivity contribution is 5.86. The van der Waals surface area contributed by atoms with Crippen LogP contribution in [0.5, 0.6) is 0 Å². The summed E-state index contributed by atoms with van der Waals surface area (Å²) in [6, 6.07) is 3.79. The van der Waals surface area contributed by atoms with Crippen molar-refractivity contribution in [1.82, 2.24) is 15.2 Å². The highest BCUT2D eigenvalue weighted by Crippen LogP contribution is 2.18. The van der Waals surface area contributed by atoms with Gasteiger partial charge in [0, 0.05) is 56.4 Å².